The van der Waals surface area contributed by atoms with Crippen molar-refractivity contribution < 1.29 is 9.53 Å². The van der Waals surface area contributed by atoms with Crippen LogP contribution in [0, 0.1) is 0 Å². The van der Waals surface area contributed by atoms with Crippen molar-refractivity contribution in [3.05, 3.63) is 0 Å². The van der Waals surface area contributed by atoms with Gasteiger partial charge in [-0.05, 0) is 26.2 Å². The molecule has 1 saturated heterocycles. The third-order valence-corrected chi connectivity index (χ3v) is 2.91. The van der Waals surface area contributed by atoms with Crippen LogP contribution in [0.25, 0.3) is 0 Å². The van der Waals surface area contributed by atoms with Crippen LogP contribution in [0.5, 0.6) is 0 Å². The third-order valence-electron chi connectivity index (χ3n) is 2.91. The van der Waals surface area contributed by atoms with E-state index in [0.29, 0.717) is 6.42 Å². The minimum atomic E-state index is -0.0397. The molecular formula is C12H23NO2. The first-order chi connectivity index (χ1) is 7.25. The third kappa shape index (κ3) is 4.20. The Labute approximate surface area is 92.8 Å². The molecule has 0 saturated carbocycles. The van der Waals surface area contributed by atoms with Crippen LogP contribution in [0.3, 0.4) is 0 Å². The molecule has 88 valence electrons. The lowest BCUT2D eigenvalue weighted by Gasteiger charge is -2.27. The summed E-state index contributed by atoms with van der Waals surface area (Å²) in [6.07, 6.45) is 6.20. The molecule has 1 heterocycles. The van der Waals surface area contributed by atoms with Gasteiger partial charge in [0.25, 0.3) is 0 Å². The maximum absolute atomic E-state index is 11.7. The van der Waals surface area contributed by atoms with Gasteiger partial charge in [0.1, 0.15) is 6.23 Å². The van der Waals surface area contributed by atoms with E-state index in [9.17, 15) is 4.79 Å². The van der Waals surface area contributed by atoms with Crippen molar-refractivity contribution in [2.45, 2.75) is 58.6 Å². The molecular weight excluding hydrogens is 190 g/mol. The van der Waals surface area contributed by atoms with E-state index in [1.165, 1.54) is 6.42 Å². The zero-order valence-corrected chi connectivity index (χ0v) is 10.00. The second-order valence-corrected chi connectivity index (χ2v) is 4.22. The zero-order valence-electron chi connectivity index (χ0n) is 10.00. The largest absolute Gasteiger partial charge is 0.359 e. The first-order valence-electron chi connectivity index (χ1n) is 6.16. The molecule has 0 radical (unpaired) electrons. The molecule has 0 spiro atoms. The van der Waals surface area contributed by atoms with Crippen molar-refractivity contribution >= 4 is 5.91 Å². The highest BCUT2D eigenvalue weighted by Gasteiger charge is 2.21. The molecule has 1 rings (SSSR count). The van der Waals surface area contributed by atoms with E-state index in [2.05, 4.69) is 6.92 Å². The molecule has 0 aromatic carbocycles. The highest BCUT2D eigenvalue weighted by atomic mass is 16.5. The van der Waals surface area contributed by atoms with Crippen LogP contribution in [0.2, 0.25) is 0 Å². The molecule has 3 nitrogen and oxygen atoms in total. The SMILES string of the molecule is CCCCOC(C)N1CCCCCC1=O. The summed E-state index contributed by atoms with van der Waals surface area (Å²) < 4.78 is 5.65. The molecule has 1 aliphatic heterocycles. The molecule has 0 aromatic heterocycles. The predicted molar refractivity (Wildman–Crippen MR) is 60.5 cm³/mol. The quantitative estimate of drug-likeness (QED) is 0.657. The molecule has 15 heavy (non-hydrogen) atoms. The molecule has 3 heteroatoms. The summed E-state index contributed by atoms with van der Waals surface area (Å²) in [5.74, 6) is 0.261. The number of ether oxygens (including phenoxy) is 1. The Hall–Kier alpha value is -0.570. The van der Waals surface area contributed by atoms with E-state index in [1.807, 2.05) is 11.8 Å². The minimum absolute atomic E-state index is 0.0397. The van der Waals surface area contributed by atoms with Gasteiger partial charge in [0.2, 0.25) is 5.91 Å². The summed E-state index contributed by atoms with van der Waals surface area (Å²) in [5, 5.41) is 0. The normalized spacial score (nSPS) is 20.1. The van der Waals surface area contributed by atoms with Crippen LogP contribution in [-0.2, 0) is 9.53 Å². The maximum Gasteiger partial charge on any atom is 0.224 e. The summed E-state index contributed by atoms with van der Waals surface area (Å²) in [4.78, 5) is 13.6. The standard InChI is InChI=1S/C12H23NO2/c1-3-4-10-15-11(2)13-9-7-5-6-8-12(13)14/h11H,3-10H2,1-2H3. The molecule has 1 fully saturated rings. The Balaban J connectivity index is 2.34. The van der Waals surface area contributed by atoms with Crippen molar-refractivity contribution in [2.75, 3.05) is 13.2 Å². The fourth-order valence-corrected chi connectivity index (χ4v) is 1.88. The summed E-state index contributed by atoms with van der Waals surface area (Å²) in [6.45, 7) is 5.76. The van der Waals surface area contributed by atoms with Crippen LogP contribution in [0.4, 0.5) is 0 Å². The van der Waals surface area contributed by atoms with Gasteiger partial charge in [-0.1, -0.05) is 19.8 Å². The molecule has 0 aliphatic carbocycles. The van der Waals surface area contributed by atoms with Crippen molar-refractivity contribution in [1.82, 2.24) is 4.90 Å². The summed E-state index contributed by atoms with van der Waals surface area (Å²) in [7, 11) is 0. The van der Waals surface area contributed by atoms with Gasteiger partial charge in [0.05, 0.1) is 0 Å². The van der Waals surface area contributed by atoms with E-state index in [1.54, 1.807) is 0 Å². The van der Waals surface area contributed by atoms with Crippen molar-refractivity contribution in [1.29, 1.82) is 0 Å². The molecule has 1 atom stereocenters. The first-order valence-corrected chi connectivity index (χ1v) is 6.16. The van der Waals surface area contributed by atoms with E-state index < -0.39 is 0 Å². The van der Waals surface area contributed by atoms with Crippen LogP contribution in [-0.4, -0.2) is 30.2 Å². The summed E-state index contributed by atoms with van der Waals surface area (Å²) in [5.41, 5.74) is 0. The number of hydrogen-bond acceptors (Lipinski definition) is 2. The number of carbonyl (C=O) groups excluding carboxylic acids is 1. The summed E-state index contributed by atoms with van der Waals surface area (Å²) >= 11 is 0. The van der Waals surface area contributed by atoms with E-state index in [-0.39, 0.29) is 12.1 Å². The lowest BCUT2D eigenvalue weighted by molar-refractivity contribution is -0.144. The Morgan fingerprint density at radius 2 is 2.20 bits per heavy atom. The van der Waals surface area contributed by atoms with Crippen LogP contribution < -0.4 is 0 Å². The lowest BCUT2D eigenvalue weighted by atomic mass is 10.2. The van der Waals surface area contributed by atoms with Gasteiger partial charge >= 0.3 is 0 Å². The molecule has 0 aromatic rings. The number of hydrogen-bond donors (Lipinski definition) is 0. The highest BCUT2D eigenvalue weighted by molar-refractivity contribution is 5.76. The maximum atomic E-state index is 11.7. The Morgan fingerprint density at radius 1 is 1.40 bits per heavy atom. The van der Waals surface area contributed by atoms with Gasteiger partial charge in [0, 0.05) is 19.6 Å². The van der Waals surface area contributed by atoms with Gasteiger partial charge in [-0.25, -0.2) is 0 Å². The Morgan fingerprint density at radius 3 is 2.93 bits per heavy atom. The van der Waals surface area contributed by atoms with Gasteiger partial charge in [-0.15, -0.1) is 0 Å². The lowest BCUT2D eigenvalue weighted by Crippen LogP contribution is -2.40. The smallest absolute Gasteiger partial charge is 0.224 e. The van der Waals surface area contributed by atoms with Gasteiger partial charge < -0.3 is 9.64 Å². The van der Waals surface area contributed by atoms with Gasteiger partial charge in [0.15, 0.2) is 0 Å². The molecule has 0 bridgehead atoms. The number of likely N-dealkylation sites (tertiary alicyclic amines) is 1. The number of amides is 1. The topological polar surface area (TPSA) is 29.5 Å². The highest BCUT2D eigenvalue weighted by Crippen LogP contribution is 2.14. The number of rotatable bonds is 5. The Kier molecular flexibility index (Phi) is 5.69. The van der Waals surface area contributed by atoms with E-state index >= 15 is 0 Å². The average Bonchev–Trinajstić information content (AvgIpc) is 2.43. The number of nitrogens with zero attached hydrogens (tertiary/aromatic N) is 1. The average molecular weight is 213 g/mol. The molecule has 0 N–H and O–H groups in total. The van der Waals surface area contributed by atoms with Crippen LogP contribution in [0.15, 0.2) is 0 Å². The van der Waals surface area contributed by atoms with Gasteiger partial charge in [-0.2, -0.15) is 0 Å². The molecule has 1 aliphatic rings. The van der Waals surface area contributed by atoms with E-state index in [4.69, 9.17) is 4.74 Å². The van der Waals surface area contributed by atoms with Crippen LogP contribution >= 0.6 is 0 Å². The fraction of sp³-hybridized carbons (Fsp3) is 0.917. The second kappa shape index (κ2) is 6.83. The number of unbranched alkanes of at least 4 members (excludes halogenated alkanes) is 1. The minimum Gasteiger partial charge on any atom is -0.359 e. The van der Waals surface area contributed by atoms with Gasteiger partial charge in [-0.3, -0.25) is 4.79 Å². The molecule has 1 unspecified atom stereocenters. The first kappa shape index (κ1) is 12.5. The second-order valence-electron chi connectivity index (χ2n) is 4.22. The van der Waals surface area contributed by atoms with Crippen LogP contribution in [0.1, 0.15) is 52.4 Å². The zero-order chi connectivity index (χ0) is 11.1. The Bertz CT molecular complexity index is 194. The van der Waals surface area contributed by atoms with Crippen molar-refractivity contribution in [3.8, 4) is 0 Å². The van der Waals surface area contributed by atoms with Crippen molar-refractivity contribution in [2.24, 2.45) is 0 Å². The molecule has 1 amide bonds. The summed E-state index contributed by atoms with van der Waals surface area (Å²) in [6, 6.07) is 0. The van der Waals surface area contributed by atoms with Crippen molar-refractivity contribution in [3.63, 3.8) is 0 Å². The van der Waals surface area contributed by atoms with E-state index in [0.717, 1.165) is 38.8 Å². The number of carbonyl (C=O) groups is 1. The fourth-order valence-electron chi connectivity index (χ4n) is 1.88. The predicted octanol–water partition coefficient (Wildman–Crippen LogP) is 2.55. The monoisotopic (exact) mass is 213 g/mol.